The average molecular weight is 541 g/mol. The number of phenolic OH excluding ortho intramolecular Hbond substituents is 1. The van der Waals surface area contributed by atoms with Crippen LogP contribution in [-0.2, 0) is 35.2 Å². The van der Waals surface area contributed by atoms with Crippen LogP contribution in [-0.4, -0.2) is 75.6 Å². The van der Waals surface area contributed by atoms with E-state index in [1.807, 2.05) is 0 Å². The highest BCUT2D eigenvalue weighted by atomic mass is 32.1. The quantitative estimate of drug-likeness (QED) is 0.0984. The third kappa shape index (κ3) is 11.6. The van der Waals surface area contributed by atoms with Gasteiger partial charge in [0.1, 0.15) is 23.9 Å². The van der Waals surface area contributed by atoms with E-state index in [9.17, 15) is 39.0 Å². The largest absolute Gasteiger partial charge is 0.508 e. The molecule has 4 unspecified atom stereocenters. The summed E-state index contributed by atoms with van der Waals surface area (Å²) < 4.78 is 0. The van der Waals surface area contributed by atoms with Gasteiger partial charge in [-0.25, -0.2) is 4.79 Å². The lowest BCUT2D eigenvalue weighted by molar-refractivity contribution is -0.142. The molecule has 0 aliphatic carbocycles. The molecule has 0 saturated carbocycles. The summed E-state index contributed by atoms with van der Waals surface area (Å²) in [6, 6.07) is 0.464. The summed E-state index contributed by atoms with van der Waals surface area (Å²) >= 11 is 3.91. The first kappa shape index (κ1) is 31.2. The Labute approximate surface area is 218 Å². The maximum Gasteiger partial charge on any atom is 0.326 e. The molecule has 0 aromatic heterocycles. The van der Waals surface area contributed by atoms with E-state index in [1.165, 1.54) is 24.3 Å². The Hall–Kier alpha value is -3.85. The Morgan fingerprint density at radius 1 is 0.784 bits per heavy atom. The number of hydrogen-bond donors (Lipinski definition) is 9. The average Bonchev–Trinajstić information content (AvgIpc) is 2.83. The number of thiol groups is 1. The predicted molar refractivity (Wildman–Crippen MR) is 134 cm³/mol. The standard InChI is InChI=1S/C22H32N6O8S/c23-13(10-37)19(32)26-14(5-7-17(24)30)20(33)27-15(6-8-18(25)31)21(34)28-16(22(35)36)9-11-1-3-12(29)4-2-11/h1-4,13-16,29,37H,5-10,23H2,(H2,24,30)(H2,25,31)(H,26,32)(H,27,33)(H,28,34)(H,35,36). The SMILES string of the molecule is NC(=O)CCC(NC(=O)C(N)CS)C(=O)NC(CCC(N)=O)C(=O)NC(Cc1ccc(O)cc1)C(=O)O. The summed E-state index contributed by atoms with van der Waals surface area (Å²) in [5, 5.41) is 26.0. The number of rotatable bonds is 16. The van der Waals surface area contributed by atoms with Gasteiger partial charge in [-0.3, -0.25) is 24.0 Å². The van der Waals surface area contributed by atoms with Crippen molar-refractivity contribution in [2.45, 2.75) is 56.3 Å². The van der Waals surface area contributed by atoms with Gasteiger partial charge in [0.2, 0.25) is 29.5 Å². The fraction of sp³-hybridized carbons (Fsp3) is 0.455. The van der Waals surface area contributed by atoms with Crippen LogP contribution in [0.1, 0.15) is 31.2 Å². The van der Waals surface area contributed by atoms with Gasteiger partial charge in [-0.15, -0.1) is 0 Å². The van der Waals surface area contributed by atoms with Crippen molar-refractivity contribution in [1.82, 2.24) is 16.0 Å². The molecular weight excluding hydrogens is 508 g/mol. The Morgan fingerprint density at radius 2 is 1.22 bits per heavy atom. The Balaban J connectivity index is 3.06. The summed E-state index contributed by atoms with van der Waals surface area (Å²) in [7, 11) is 0. The highest BCUT2D eigenvalue weighted by molar-refractivity contribution is 7.80. The van der Waals surface area contributed by atoms with Gasteiger partial charge in [0, 0.05) is 25.0 Å². The van der Waals surface area contributed by atoms with Crippen molar-refractivity contribution in [3.8, 4) is 5.75 Å². The van der Waals surface area contributed by atoms with Crippen molar-refractivity contribution in [2.24, 2.45) is 17.2 Å². The molecule has 0 bridgehead atoms. The molecule has 0 radical (unpaired) electrons. The van der Waals surface area contributed by atoms with E-state index in [1.54, 1.807) is 0 Å². The van der Waals surface area contributed by atoms with Crippen molar-refractivity contribution in [3.63, 3.8) is 0 Å². The zero-order chi connectivity index (χ0) is 28.1. The molecule has 5 amide bonds. The lowest BCUT2D eigenvalue weighted by atomic mass is 10.0. The zero-order valence-electron chi connectivity index (χ0n) is 19.9. The molecule has 11 N–H and O–H groups in total. The lowest BCUT2D eigenvalue weighted by Crippen LogP contribution is -2.57. The monoisotopic (exact) mass is 540 g/mol. The first-order chi connectivity index (χ1) is 17.3. The first-order valence-corrected chi connectivity index (χ1v) is 11.8. The summed E-state index contributed by atoms with van der Waals surface area (Å²) in [6.07, 6.45) is -1.23. The van der Waals surface area contributed by atoms with E-state index < -0.39 is 59.7 Å². The van der Waals surface area contributed by atoms with Crippen LogP contribution in [0.25, 0.3) is 0 Å². The number of primary amides is 2. The zero-order valence-corrected chi connectivity index (χ0v) is 20.8. The second kappa shape index (κ2) is 15.3. The first-order valence-electron chi connectivity index (χ1n) is 11.2. The number of carboxylic acid groups (broad SMARTS) is 1. The molecule has 37 heavy (non-hydrogen) atoms. The molecule has 14 nitrogen and oxygen atoms in total. The van der Waals surface area contributed by atoms with Crippen LogP contribution in [0.3, 0.4) is 0 Å². The summed E-state index contributed by atoms with van der Waals surface area (Å²) in [5.74, 6) is -5.49. The molecule has 204 valence electrons. The van der Waals surface area contributed by atoms with Gasteiger partial charge in [0.15, 0.2) is 0 Å². The van der Waals surface area contributed by atoms with Crippen molar-refractivity contribution < 1.29 is 39.0 Å². The number of carbonyl (C=O) groups excluding carboxylic acids is 5. The van der Waals surface area contributed by atoms with Crippen molar-refractivity contribution in [3.05, 3.63) is 29.8 Å². The van der Waals surface area contributed by atoms with Crippen LogP contribution < -0.4 is 33.2 Å². The van der Waals surface area contributed by atoms with Crippen LogP contribution in [0.2, 0.25) is 0 Å². The van der Waals surface area contributed by atoms with Gasteiger partial charge in [-0.05, 0) is 30.5 Å². The van der Waals surface area contributed by atoms with E-state index in [0.717, 1.165) is 0 Å². The van der Waals surface area contributed by atoms with Crippen LogP contribution in [0, 0.1) is 0 Å². The molecule has 0 aliphatic rings. The molecule has 1 aromatic carbocycles. The van der Waals surface area contributed by atoms with Gasteiger partial charge in [-0.2, -0.15) is 12.6 Å². The van der Waals surface area contributed by atoms with Crippen LogP contribution in [0.4, 0.5) is 0 Å². The topological polar surface area (TPSA) is 257 Å². The van der Waals surface area contributed by atoms with Crippen LogP contribution >= 0.6 is 12.6 Å². The predicted octanol–water partition coefficient (Wildman–Crippen LogP) is -2.74. The molecule has 1 aromatic rings. The fourth-order valence-electron chi connectivity index (χ4n) is 3.08. The minimum Gasteiger partial charge on any atom is -0.508 e. The number of nitrogens with one attached hydrogen (secondary N) is 3. The van der Waals surface area contributed by atoms with E-state index >= 15 is 0 Å². The smallest absolute Gasteiger partial charge is 0.326 e. The second-order valence-electron chi connectivity index (χ2n) is 8.19. The Morgan fingerprint density at radius 3 is 1.62 bits per heavy atom. The van der Waals surface area contributed by atoms with Crippen LogP contribution in [0.5, 0.6) is 5.75 Å². The summed E-state index contributed by atoms with van der Waals surface area (Å²) in [4.78, 5) is 72.3. The number of nitrogens with two attached hydrogens (primary N) is 3. The lowest BCUT2D eigenvalue weighted by Gasteiger charge is -2.25. The molecule has 4 atom stereocenters. The van der Waals surface area contributed by atoms with Gasteiger partial charge >= 0.3 is 5.97 Å². The molecule has 0 aliphatic heterocycles. The van der Waals surface area contributed by atoms with Crippen LogP contribution in [0.15, 0.2) is 24.3 Å². The van der Waals surface area contributed by atoms with Crippen molar-refractivity contribution in [2.75, 3.05) is 5.75 Å². The van der Waals surface area contributed by atoms with Crippen molar-refractivity contribution in [1.29, 1.82) is 0 Å². The molecule has 0 fully saturated rings. The number of aliphatic carboxylic acids is 1. The van der Waals surface area contributed by atoms with Crippen molar-refractivity contribution >= 4 is 48.1 Å². The maximum absolute atomic E-state index is 12.9. The molecule has 0 heterocycles. The maximum atomic E-state index is 12.9. The molecule has 0 spiro atoms. The number of phenols is 1. The van der Waals surface area contributed by atoms with E-state index in [2.05, 4.69) is 28.6 Å². The second-order valence-corrected chi connectivity index (χ2v) is 8.56. The highest BCUT2D eigenvalue weighted by Gasteiger charge is 2.30. The third-order valence-corrected chi connectivity index (χ3v) is 5.54. The summed E-state index contributed by atoms with van der Waals surface area (Å²) in [5.41, 5.74) is 16.4. The van der Waals surface area contributed by atoms with Gasteiger partial charge in [0.05, 0.1) is 6.04 Å². The number of aromatic hydroxyl groups is 1. The number of benzene rings is 1. The number of carboxylic acids is 1. The normalized spacial score (nSPS) is 13.9. The van der Waals surface area contributed by atoms with Gasteiger partial charge in [0.25, 0.3) is 0 Å². The molecule has 1 rings (SSSR count). The minimum atomic E-state index is -1.41. The Kier molecular flexibility index (Phi) is 12.9. The van der Waals surface area contributed by atoms with Gasteiger partial charge < -0.3 is 43.4 Å². The number of carbonyl (C=O) groups is 6. The number of hydrogen-bond acceptors (Lipinski definition) is 9. The number of amides is 5. The third-order valence-electron chi connectivity index (χ3n) is 5.15. The van der Waals surface area contributed by atoms with E-state index in [0.29, 0.717) is 5.56 Å². The summed E-state index contributed by atoms with van der Waals surface area (Å²) in [6.45, 7) is 0. The molecule has 0 saturated heterocycles. The molecular formula is C22H32N6O8S. The minimum absolute atomic E-state index is 0.0257. The molecule has 15 heteroatoms. The fourth-order valence-corrected chi connectivity index (χ4v) is 3.25. The Bertz CT molecular complexity index is 990. The highest BCUT2D eigenvalue weighted by Crippen LogP contribution is 2.12. The van der Waals surface area contributed by atoms with E-state index in [-0.39, 0.29) is 43.6 Å². The van der Waals surface area contributed by atoms with Gasteiger partial charge in [-0.1, -0.05) is 12.1 Å². The van der Waals surface area contributed by atoms with E-state index in [4.69, 9.17) is 17.2 Å².